The molecule has 0 aliphatic rings. The Labute approximate surface area is 91.8 Å². The van der Waals surface area contributed by atoms with Gasteiger partial charge in [-0.2, -0.15) is 5.10 Å². The van der Waals surface area contributed by atoms with Crippen molar-refractivity contribution in [1.29, 1.82) is 0 Å². The number of anilines is 1. The minimum atomic E-state index is 0.518. The third-order valence-electron chi connectivity index (χ3n) is 2.81. The third-order valence-corrected chi connectivity index (χ3v) is 2.81. The maximum atomic E-state index is 5.72. The zero-order chi connectivity index (χ0) is 11.4. The molecule has 15 heavy (non-hydrogen) atoms. The number of nitrogens with zero attached hydrogens (tertiary/aromatic N) is 2. The van der Waals surface area contributed by atoms with E-state index in [9.17, 15) is 0 Å². The lowest BCUT2D eigenvalue weighted by molar-refractivity contribution is 0.413. The summed E-state index contributed by atoms with van der Waals surface area (Å²) in [4.78, 5) is 0. The van der Waals surface area contributed by atoms with Crippen molar-refractivity contribution in [2.45, 2.75) is 20.8 Å². The lowest BCUT2D eigenvalue weighted by Crippen LogP contribution is -2.27. The number of hydrogen-bond donors (Lipinski definition) is 2. The van der Waals surface area contributed by atoms with Crippen LogP contribution in [-0.2, 0) is 7.05 Å². The van der Waals surface area contributed by atoms with Gasteiger partial charge >= 0.3 is 0 Å². The van der Waals surface area contributed by atoms with E-state index in [-0.39, 0.29) is 0 Å². The molecular formula is C11H22N4. The van der Waals surface area contributed by atoms with E-state index >= 15 is 0 Å². The second-order valence-electron chi connectivity index (χ2n) is 4.42. The first kappa shape index (κ1) is 12.0. The number of nitrogens with one attached hydrogen (secondary N) is 1. The highest BCUT2D eigenvalue weighted by molar-refractivity contribution is 5.45. The van der Waals surface area contributed by atoms with Gasteiger partial charge in [0.05, 0.1) is 11.4 Å². The second kappa shape index (κ2) is 5.16. The van der Waals surface area contributed by atoms with Crippen molar-refractivity contribution >= 4 is 5.69 Å². The van der Waals surface area contributed by atoms with Crippen LogP contribution in [0.15, 0.2) is 6.20 Å². The summed E-state index contributed by atoms with van der Waals surface area (Å²) >= 11 is 0. The molecule has 3 N–H and O–H groups in total. The number of aryl methyl sites for hydroxylation is 2. The number of hydrogen-bond acceptors (Lipinski definition) is 3. The van der Waals surface area contributed by atoms with E-state index in [1.807, 2.05) is 24.9 Å². The average molecular weight is 210 g/mol. The van der Waals surface area contributed by atoms with Gasteiger partial charge in [0.2, 0.25) is 0 Å². The largest absolute Gasteiger partial charge is 0.382 e. The van der Waals surface area contributed by atoms with Gasteiger partial charge in [0.25, 0.3) is 0 Å². The highest BCUT2D eigenvalue weighted by Crippen LogP contribution is 2.14. The van der Waals surface area contributed by atoms with Gasteiger partial charge in [-0.25, -0.2) is 0 Å². The zero-order valence-electron chi connectivity index (χ0n) is 10.1. The quantitative estimate of drug-likeness (QED) is 0.771. The van der Waals surface area contributed by atoms with Gasteiger partial charge in [0.1, 0.15) is 0 Å². The summed E-state index contributed by atoms with van der Waals surface area (Å²) < 4.78 is 1.82. The Kier molecular flexibility index (Phi) is 4.15. The van der Waals surface area contributed by atoms with E-state index in [2.05, 4.69) is 24.3 Å². The molecule has 1 unspecified atom stereocenters. The molecule has 0 saturated carbocycles. The number of aromatic nitrogens is 2. The number of rotatable bonds is 5. The van der Waals surface area contributed by atoms with Crippen LogP contribution < -0.4 is 11.1 Å². The van der Waals surface area contributed by atoms with Crippen LogP contribution >= 0.6 is 0 Å². The molecule has 0 spiro atoms. The Morgan fingerprint density at radius 3 is 2.60 bits per heavy atom. The topological polar surface area (TPSA) is 55.9 Å². The van der Waals surface area contributed by atoms with Crippen LogP contribution in [0.2, 0.25) is 0 Å². The normalized spacial score (nSPS) is 13.2. The van der Waals surface area contributed by atoms with Crippen molar-refractivity contribution in [3.05, 3.63) is 11.9 Å². The summed E-state index contributed by atoms with van der Waals surface area (Å²) in [6.45, 7) is 8.06. The van der Waals surface area contributed by atoms with Crippen molar-refractivity contribution in [3.8, 4) is 0 Å². The molecule has 0 aromatic carbocycles. The molecule has 86 valence electrons. The van der Waals surface area contributed by atoms with Crippen molar-refractivity contribution in [2.75, 3.05) is 18.4 Å². The molecule has 0 radical (unpaired) electrons. The van der Waals surface area contributed by atoms with E-state index in [1.54, 1.807) is 0 Å². The Balaban J connectivity index is 2.52. The van der Waals surface area contributed by atoms with E-state index in [0.717, 1.165) is 24.5 Å². The first-order chi connectivity index (χ1) is 7.04. The minimum Gasteiger partial charge on any atom is -0.382 e. The van der Waals surface area contributed by atoms with Crippen LogP contribution in [0, 0.1) is 18.8 Å². The van der Waals surface area contributed by atoms with Crippen molar-refractivity contribution in [2.24, 2.45) is 24.6 Å². The van der Waals surface area contributed by atoms with Crippen LogP contribution in [0.1, 0.15) is 19.5 Å². The van der Waals surface area contributed by atoms with E-state index in [0.29, 0.717) is 11.8 Å². The summed E-state index contributed by atoms with van der Waals surface area (Å²) in [6, 6.07) is 0. The predicted octanol–water partition coefficient (Wildman–Crippen LogP) is 1.37. The van der Waals surface area contributed by atoms with Gasteiger partial charge < -0.3 is 11.1 Å². The Bertz CT molecular complexity index is 304. The SMILES string of the molecule is Cc1nn(C)cc1NCC(CN)C(C)C. The van der Waals surface area contributed by atoms with Gasteiger partial charge in [-0.15, -0.1) is 0 Å². The van der Waals surface area contributed by atoms with E-state index in [1.165, 1.54) is 0 Å². The molecule has 0 aliphatic heterocycles. The maximum absolute atomic E-state index is 5.72. The standard InChI is InChI=1S/C11H22N4/c1-8(2)10(5-12)6-13-11-7-15(4)14-9(11)3/h7-8,10,13H,5-6,12H2,1-4H3. The Morgan fingerprint density at radius 1 is 1.53 bits per heavy atom. The first-order valence-electron chi connectivity index (χ1n) is 5.48. The highest BCUT2D eigenvalue weighted by atomic mass is 15.3. The lowest BCUT2D eigenvalue weighted by atomic mass is 9.96. The van der Waals surface area contributed by atoms with Crippen LogP contribution in [0.4, 0.5) is 5.69 Å². The zero-order valence-corrected chi connectivity index (χ0v) is 10.1. The summed E-state index contributed by atoms with van der Waals surface area (Å²) in [5.41, 5.74) is 7.87. The first-order valence-corrected chi connectivity index (χ1v) is 5.48. The summed E-state index contributed by atoms with van der Waals surface area (Å²) in [5, 5.41) is 7.69. The highest BCUT2D eigenvalue weighted by Gasteiger charge is 2.12. The van der Waals surface area contributed by atoms with Crippen LogP contribution in [0.3, 0.4) is 0 Å². The molecule has 0 saturated heterocycles. The summed E-state index contributed by atoms with van der Waals surface area (Å²) in [7, 11) is 1.93. The van der Waals surface area contributed by atoms with Gasteiger partial charge in [0, 0.05) is 19.8 Å². The molecule has 1 heterocycles. The molecule has 1 aromatic rings. The van der Waals surface area contributed by atoms with E-state index in [4.69, 9.17) is 5.73 Å². The van der Waals surface area contributed by atoms with Crippen LogP contribution in [0.5, 0.6) is 0 Å². The smallest absolute Gasteiger partial charge is 0.0824 e. The maximum Gasteiger partial charge on any atom is 0.0824 e. The van der Waals surface area contributed by atoms with Crippen molar-refractivity contribution < 1.29 is 0 Å². The average Bonchev–Trinajstić information content (AvgIpc) is 2.45. The fraction of sp³-hybridized carbons (Fsp3) is 0.727. The molecule has 0 bridgehead atoms. The molecular weight excluding hydrogens is 188 g/mol. The number of nitrogens with two attached hydrogens (primary N) is 1. The Morgan fingerprint density at radius 2 is 2.20 bits per heavy atom. The van der Waals surface area contributed by atoms with Crippen molar-refractivity contribution in [1.82, 2.24) is 9.78 Å². The summed E-state index contributed by atoms with van der Waals surface area (Å²) in [6.07, 6.45) is 2.00. The molecule has 0 fully saturated rings. The lowest BCUT2D eigenvalue weighted by Gasteiger charge is -2.19. The second-order valence-corrected chi connectivity index (χ2v) is 4.42. The molecule has 0 amide bonds. The summed E-state index contributed by atoms with van der Waals surface area (Å²) in [5.74, 6) is 1.13. The van der Waals surface area contributed by atoms with Gasteiger partial charge in [0.15, 0.2) is 0 Å². The molecule has 1 aromatic heterocycles. The molecule has 4 nitrogen and oxygen atoms in total. The van der Waals surface area contributed by atoms with Gasteiger partial charge in [-0.3, -0.25) is 4.68 Å². The van der Waals surface area contributed by atoms with Gasteiger partial charge in [-0.1, -0.05) is 13.8 Å². The van der Waals surface area contributed by atoms with Crippen LogP contribution in [-0.4, -0.2) is 22.9 Å². The monoisotopic (exact) mass is 210 g/mol. The molecule has 1 atom stereocenters. The van der Waals surface area contributed by atoms with Crippen molar-refractivity contribution in [3.63, 3.8) is 0 Å². The minimum absolute atomic E-state index is 0.518. The van der Waals surface area contributed by atoms with E-state index < -0.39 is 0 Å². The third kappa shape index (κ3) is 3.23. The fourth-order valence-corrected chi connectivity index (χ4v) is 1.61. The Hall–Kier alpha value is -1.03. The predicted molar refractivity (Wildman–Crippen MR) is 63.8 cm³/mol. The van der Waals surface area contributed by atoms with Gasteiger partial charge in [-0.05, 0) is 25.3 Å². The molecule has 4 heteroatoms. The molecule has 0 aliphatic carbocycles. The van der Waals surface area contributed by atoms with Crippen LogP contribution in [0.25, 0.3) is 0 Å². The fourth-order valence-electron chi connectivity index (χ4n) is 1.61. The molecule has 1 rings (SSSR count).